The first kappa shape index (κ1) is 19.4. The summed E-state index contributed by atoms with van der Waals surface area (Å²) in [6.07, 6.45) is 1.75. The summed E-state index contributed by atoms with van der Waals surface area (Å²) in [7, 11) is 0. The van der Waals surface area contributed by atoms with E-state index in [9.17, 15) is 4.39 Å². The van der Waals surface area contributed by atoms with Crippen LogP contribution in [0.3, 0.4) is 0 Å². The van der Waals surface area contributed by atoms with Crippen LogP contribution < -0.4 is 5.32 Å². The van der Waals surface area contributed by atoms with Crippen molar-refractivity contribution in [3.63, 3.8) is 0 Å². The van der Waals surface area contributed by atoms with Gasteiger partial charge in [0.2, 0.25) is 0 Å². The molecule has 0 aliphatic heterocycles. The van der Waals surface area contributed by atoms with E-state index >= 15 is 0 Å². The third kappa shape index (κ3) is 4.66. The Morgan fingerprint density at radius 2 is 2.04 bits per heavy atom. The summed E-state index contributed by atoms with van der Waals surface area (Å²) in [5, 5.41) is 12.6. The predicted octanol–water partition coefficient (Wildman–Crippen LogP) is 4.83. The molecule has 0 aliphatic rings. The second-order valence-corrected chi connectivity index (χ2v) is 7.50. The number of thioether (sulfide) groups is 1. The number of anilines is 1. The van der Waals surface area contributed by atoms with E-state index in [-0.39, 0.29) is 5.82 Å². The average Bonchev–Trinajstić information content (AvgIpc) is 3.09. The molecule has 0 saturated heterocycles. The Morgan fingerprint density at radius 3 is 2.70 bits per heavy atom. The van der Waals surface area contributed by atoms with Gasteiger partial charge < -0.3 is 9.88 Å². The standard InChI is InChI=1S/C20H24FN5S/c1-4-26-19(18-7-5-6-10-22-18)24-25-20(26)27-12-11-23-17-9-8-15(14(2)3)13-16(17)21/h5-10,13-14,23H,4,11-12H2,1-3H3. The molecule has 0 radical (unpaired) electrons. The van der Waals surface area contributed by atoms with Crippen LogP contribution in [0.15, 0.2) is 47.8 Å². The van der Waals surface area contributed by atoms with E-state index in [1.165, 1.54) is 0 Å². The molecule has 0 amide bonds. The number of hydrogen-bond acceptors (Lipinski definition) is 5. The number of aromatic nitrogens is 4. The Labute approximate surface area is 163 Å². The van der Waals surface area contributed by atoms with Gasteiger partial charge in [-0.3, -0.25) is 4.98 Å². The highest BCUT2D eigenvalue weighted by atomic mass is 32.2. The molecule has 5 nitrogen and oxygen atoms in total. The fourth-order valence-corrected chi connectivity index (χ4v) is 3.58. The SMILES string of the molecule is CCn1c(SCCNc2ccc(C(C)C)cc2F)nnc1-c1ccccn1. The lowest BCUT2D eigenvalue weighted by molar-refractivity contribution is 0.626. The molecule has 0 spiro atoms. The van der Waals surface area contributed by atoms with Gasteiger partial charge >= 0.3 is 0 Å². The van der Waals surface area contributed by atoms with Crippen LogP contribution in [0.25, 0.3) is 11.5 Å². The molecule has 0 unspecified atom stereocenters. The molecule has 0 saturated carbocycles. The van der Waals surface area contributed by atoms with Crippen LogP contribution in [-0.4, -0.2) is 32.0 Å². The van der Waals surface area contributed by atoms with Crippen LogP contribution in [0.2, 0.25) is 0 Å². The topological polar surface area (TPSA) is 55.6 Å². The van der Waals surface area contributed by atoms with Crippen LogP contribution in [0.1, 0.15) is 32.3 Å². The van der Waals surface area contributed by atoms with Gasteiger partial charge in [-0.15, -0.1) is 10.2 Å². The van der Waals surface area contributed by atoms with Crippen molar-refractivity contribution in [2.75, 3.05) is 17.6 Å². The Bertz CT molecular complexity index is 879. The zero-order valence-electron chi connectivity index (χ0n) is 15.8. The number of rotatable bonds is 8. The molecule has 1 aromatic carbocycles. The Morgan fingerprint density at radius 1 is 1.19 bits per heavy atom. The van der Waals surface area contributed by atoms with Crippen LogP contribution in [0.4, 0.5) is 10.1 Å². The van der Waals surface area contributed by atoms with E-state index in [4.69, 9.17) is 0 Å². The largest absolute Gasteiger partial charge is 0.382 e. The van der Waals surface area contributed by atoms with Gasteiger partial charge in [-0.05, 0) is 42.7 Å². The molecular formula is C20H24FN5S. The predicted molar refractivity (Wildman–Crippen MR) is 109 cm³/mol. The maximum absolute atomic E-state index is 14.2. The van der Waals surface area contributed by atoms with Crippen LogP contribution in [0.5, 0.6) is 0 Å². The van der Waals surface area contributed by atoms with Crippen molar-refractivity contribution in [1.29, 1.82) is 0 Å². The highest BCUT2D eigenvalue weighted by Gasteiger charge is 2.13. The molecular weight excluding hydrogens is 361 g/mol. The van der Waals surface area contributed by atoms with Gasteiger partial charge in [0.05, 0.1) is 5.69 Å². The number of benzene rings is 1. The number of halogens is 1. The lowest BCUT2D eigenvalue weighted by atomic mass is 10.0. The van der Waals surface area contributed by atoms with Gasteiger partial charge in [0.25, 0.3) is 0 Å². The fraction of sp³-hybridized carbons (Fsp3) is 0.350. The van der Waals surface area contributed by atoms with E-state index in [2.05, 4.69) is 41.3 Å². The molecule has 27 heavy (non-hydrogen) atoms. The summed E-state index contributed by atoms with van der Waals surface area (Å²) < 4.78 is 16.2. The fourth-order valence-electron chi connectivity index (χ4n) is 2.73. The summed E-state index contributed by atoms with van der Waals surface area (Å²) in [5.74, 6) is 1.63. The molecule has 1 N–H and O–H groups in total. The molecule has 2 aromatic heterocycles. The van der Waals surface area contributed by atoms with Crippen molar-refractivity contribution >= 4 is 17.4 Å². The highest BCUT2D eigenvalue weighted by Crippen LogP contribution is 2.24. The van der Waals surface area contributed by atoms with Gasteiger partial charge in [0, 0.05) is 25.0 Å². The summed E-state index contributed by atoms with van der Waals surface area (Å²) in [5.41, 5.74) is 2.35. The first-order valence-corrected chi connectivity index (χ1v) is 10.1. The van der Waals surface area contributed by atoms with Crippen LogP contribution in [-0.2, 0) is 6.54 Å². The highest BCUT2D eigenvalue weighted by molar-refractivity contribution is 7.99. The van der Waals surface area contributed by atoms with Gasteiger partial charge in [0.15, 0.2) is 11.0 Å². The first-order chi connectivity index (χ1) is 13.1. The van der Waals surface area contributed by atoms with E-state index in [0.29, 0.717) is 18.2 Å². The van der Waals surface area contributed by atoms with E-state index in [1.807, 2.05) is 34.9 Å². The van der Waals surface area contributed by atoms with Gasteiger partial charge in [-0.1, -0.05) is 37.7 Å². The summed E-state index contributed by atoms with van der Waals surface area (Å²) in [6.45, 7) is 7.57. The Kier molecular flexibility index (Phi) is 6.45. The smallest absolute Gasteiger partial charge is 0.191 e. The van der Waals surface area contributed by atoms with Crippen molar-refractivity contribution in [3.05, 3.63) is 54.0 Å². The minimum Gasteiger partial charge on any atom is -0.382 e. The molecule has 3 aromatic rings. The van der Waals surface area contributed by atoms with Gasteiger partial charge in [0.1, 0.15) is 11.5 Å². The maximum Gasteiger partial charge on any atom is 0.191 e. The second-order valence-electron chi connectivity index (χ2n) is 6.43. The lowest BCUT2D eigenvalue weighted by Gasteiger charge is -2.11. The minimum atomic E-state index is -0.208. The van der Waals surface area contributed by atoms with Crippen molar-refractivity contribution < 1.29 is 4.39 Å². The number of nitrogens with zero attached hydrogens (tertiary/aromatic N) is 4. The molecule has 3 rings (SSSR count). The number of nitrogens with one attached hydrogen (secondary N) is 1. The summed E-state index contributed by atoms with van der Waals surface area (Å²) in [4.78, 5) is 4.35. The van der Waals surface area contributed by atoms with E-state index in [0.717, 1.165) is 34.5 Å². The molecule has 7 heteroatoms. The zero-order valence-corrected chi connectivity index (χ0v) is 16.6. The first-order valence-electron chi connectivity index (χ1n) is 9.10. The third-order valence-corrected chi connectivity index (χ3v) is 5.20. The molecule has 0 aliphatic carbocycles. The van der Waals surface area contributed by atoms with Gasteiger partial charge in [-0.2, -0.15) is 0 Å². The van der Waals surface area contributed by atoms with Crippen molar-refractivity contribution in [3.8, 4) is 11.5 Å². The normalized spacial score (nSPS) is 11.1. The monoisotopic (exact) mass is 385 g/mol. The second kappa shape index (κ2) is 8.99. The molecule has 0 atom stereocenters. The van der Waals surface area contributed by atoms with Crippen molar-refractivity contribution in [1.82, 2.24) is 19.7 Å². The third-order valence-electron chi connectivity index (χ3n) is 4.24. The lowest BCUT2D eigenvalue weighted by Crippen LogP contribution is -2.07. The maximum atomic E-state index is 14.2. The number of pyridine rings is 1. The van der Waals surface area contributed by atoms with Gasteiger partial charge in [-0.25, -0.2) is 4.39 Å². The quantitative estimate of drug-likeness (QED) is 0.445. The molecule has 0 bridgehead atoms. The van der Waals surface area contributed by atoms with Crippen molar-refractivity contribution in [2.24, 2.45) is 0 Å². The number of hydrogen-bond donors (Lipinski definition) is 1. The van der Waals surface area contributed by atoms with E-state index < -0.39 is 0 Å². The minimum absolute atomic E-state index is 0.208. The summed E-state index contributed by atoms with van der Waals surface area (Å²) in [6, 6.07) is 11.1. The molecule has 142 valence electrons. The van der Waals surface area contributed by atoms with E-state index in [1.54, 1.807) is 24.0 Å². The van der Waals surface area contributed by atoms with Crippen LogP contribution in [0, 0.1) is 5.82 Å². The van der Waals surface area contributed by atoms with Crippen molar-refractivity contribution in [2.45, 2.75) is 38.4 Å². The Balaban J connectivity index is 1.59. The molecule has 2 heterocycles. The van der Waals surface area contributed by atoms with Crippen LogP contribution >= 0.6 is 11.8 Å². The summed E-state index contributed by atoms with van der Waals surface area (Å²) >= 11 is 1.60. The zero-order chi connectivity index (χ0) is 19.2. The Hall–Kier alpha value is -2.41. The molecule has 0 fully saturated rings. The average molecular weight is 386 g/mol.